The summed E-state index contributed by atoms with van der Waals surface area (Å²) < 4.78 is 34.5. The molecule has 2 unspecified atom stereocenters. The van der Waals surface area contributed by atoms with Gasteiger partial charge in [0.25, 0.3) is 0 Å². The van der Waals surface area contributed by atoms with Gasteiger partial charge >= 0.3 is 0 Å². The Bertz CT molecular complexity index is 464. The summed E-state index contributed by atoms with van der Waals surface area (Å²) in [4.78, 5) is 0. The van der Waals surface area contributed by atoms with Crippen LogP contribution in [0.2, 0.25) is 0 Å². The Kier molecular flexibility index (Phi) is 6.58. The fourth-order valence-corrected chi connectivity index (χ4v) is 3.09. The van der Waals surface area contributed by atoms with Crippen LogP contribution in [0.4, 0.5) is 8.78 Å². The van der Waals surface area contributed by atoms with Crippen molar-refractivity contribution in [2.24, 2.45) is 0 Å². The minimum Gasteiger partial charge on any atom is -0.378 e. The lowest BCUT2D eigenvalue weighted by atomic mass is 9.95. The van der Waals surface area contributed by atoms with E-state index in [1.54, 1.807) is 0 Å². The van der Waals surface area contributed by atoms with Gasteiger partial charge in [0.2, 0.25) is 0 Å². The number of ether oxygens (including phenoxy) is 1. The van der Waals surface area contributed by atoms with E-state index in [0.29, 0.717) is 10.9 Å². The van der Waals surface area contributed by atoms with Crippen LogP contribution in [0.3, 0.4) is 0 Å². The maximum absolute atomic E-state index is 14.3. The molecular weight excluding hydrogens is 340 g/mol. The molecule has 1 N–H and O–H groups in total. The molecular formula is C16H22BrF2NO. The first kappa shape index (κ1) is 16.8. The number of benzene rings is 1. The van der Waals surface area contributed by atoms with Gasteiger partial charge in [0.1, 0.15) is 11.6 Å². The van der Waals surface area contributed by atoms with Gasteiger partial charge in [-0.2, -0.15) is 0 Å². The third-order valence-electron chi connectivity index (χ3n) is 3.84. The fourth-order valence-electron chi connectivity index (χ4n) is 2.74. The first-order valence-corrected chi connectivity index (χ1v) is 8.41. The maximum atomic E-state index is 14.3. The lowest BCUT2D eigenvalue weighted by molar-refractivity contribution is 0.00464. The van der Waals surface area contributed by atoms with Gasteiger partial charge in [-0.1, -0.05) is 6.92 Å². The predicted octanol–water partition coefficient (Wildman–Crippen LogP) is 4.73. The third-order valence-corrected chi connectivity index (χ3v) is 4.45. The highest BCUT2D eigenvalue weighted by Crippen LogP contribution is 2.31. The van der Waals surface area contributed by atoms with E-state index in [-0.39, 0.29) is 17.7 Å². The first-order chi connectivity index (χ1) is 10.1. The fraction of sp³-hybridized carbons (Fsp3) is 0.625. The van der Waals surface area contributed by atoms with Gasteiger partial charge in [-0.05, 0) is 66.7 Å². The molecule has 2 rings (SSSR count). The molecule has 0 amide bonds. The van der Waals surface area contributed by atoms with E-state index in [4.69, 9.17) is 4.74 Å². The van der Waals surface area contributed by atoms with Gasteiger partial charge in [0.15, 0.2) is 0 Å². The van der Waals surface area contributed by atoms with Gasteiger partial charge < -0.3 is 10.1 Å². The average molecular weight is 362 g/mol. The summed E-state index contributed by atoms with van der Waals surface area (Å²) in [6, 6.07) is 2.36. The maximum Gasteiger partial charge on any atom is 0.145 e. The van der Waals surface area contributed by atoms with Crippen LogP contribution in [0.5, 0.6) is 0 Å². The number of hydrogen-bond acceptors (Lipinski definition) is 2. The number of nitrogens with one attached hydrogen (secondary N) is 1. The lowest BCUT2D eigenvalue weighted by Gasteiger charge is -2.28. The van der Waals surface area contributed by atoms with Crippen molar-refractivity contribution >= 4 is 15.9 Å². The van der Waals surface area contributed by atoms with Gasteiger partial charge in [-0.25, -0.2) is 8.78 Å². The van der Waals surface area contributed by atoms with Crippen LogP contribution in [0, 0.1) is 11.6 Å². The van der Waals surface area contributed by atoms with E-state index in [1.165, 1.54) is 12.1 Å². The molecule has 1 saturated heterocycles. The van der Waals surface area contributed by atoms with E-state index in [9.17, 15) is 8.78 Å². The van der Waals surface area contributed by atoms with E-state index < -0.39 is 11.6 Å². The van der Waals surface area contributed by atoms with Crippen molar-refractivity contribution in [1.29, 1.82) is 0 Å². The SMILES string of the molecule is CCCNC(CC1CCCCO1)c1c(F)ccc(Br)c1F. The monoisotopic (exact) mass is 361 g/mol. The summed E-state index contributed by atoms with van der Waals surface area (Å²) in [5.74, 6) is -1.01. The molecule has 0 aromatic heterocycles. The average Bonchev–Trinajstić information content (AvgIpc) is 2.50. The molecule has 5 heteroatoms. The molecule has 1 aromatic rings. The summed E-state index contributed by atoms with van der Waals surface area (Å²) >= 11 is 3.14. The molecule has 21 heavy (non-hydrogen) atoms. The molecule has 0 aliphatic carbocycles. The standard InChI is InChI=1S/C16H22BrF2NO/c1-2-8-20-14(10-11-5-3-4-9-21-11)15-13(18)7-6-12(17)16(15)19/h6-7,11,14,20H,2-5,8-10H2,1H3. The van der Waals surface area contributed by atoms with Crippen LogP contribution in [0.15, 0.2) is 16.6 Å². The number of rotatable bonds is 6. The Balaban J connectivity index is 2.20. The quantitative estimate of drug-likeness (QED) is 0.739. The third kappa shape index (κ3) is 4.47. The summed E-state index contributed by atoms with van der Waals surface area (Å²) in [7, 11) is 0. The highest BCUT2D eigenvalue weighted by molar-refractivity contribution is 9.10. The van der Waals surface area contributed by atoms with Crippen LogP contribution < -0.4 is 5.32 Å². The summed E-state index contributed by atoms with van der Waals surface area (Å²) in [5, 5.41) is 3.26. The molecule has 1 aliphatic heterocycles. The molecule has 1 aliphatic rings. The zero-order valence-electron chi connectivity index (χ0n) is 12.3. The zero-order valence-corrected chi connectivity index (χ0v) is 13.9. The molecule has 2 nitrogen and oxygen atoms in total. The summed E-state index contributed by atoms with van der Waals surface area (Å²) in [6.07, 6.45) is 4.74. The minimum atomic E-state index is -0.514. The van der Waals surface area contributed by atoms with Crippen LogP contribution >= 0.6 is 15.9 Å². The van der Waals surface area contributed by atoms with Crippen LogP contribution in [-0.2, 0) is 4.74 Å². The molecule has 0 saturated carbocycles. The van der Waals surface area contributed by atoms with Crippen molar-refractivity contribution in [2.45, 2.75) is 51.2 Å². The molecule has 0 radical (unpaired) electrons. The first-order valence-electron chi connectivity index (χ1n) is 7.61. The second-order valence-corrected chi connectivity index (χ2v) is 6.34. The Labute approximate surface area is 133 Å². The molecule has 1 aromatic carbocycles. The topological polar surface area (TPSA) is 21.3 Å². The van der Waals surface area contributed by atoms with E-state index in [0.717, 1.165) is 38.8 Å². The molecule has 0 spiro atoms. The Morgan fingerprint density at radius 1 is 1.38 bits per heavy atom. The van der Waals surface area contributed by atoms with Crippen molar-refractivity contribution in [1.82, 2.24) is 5.32 Å². The van der Waals surface area contributed by atoms with Crippen molar-refractivity contribution in [3.8, 4) is 0 Å². The largest absolute Gasteiger partial charge is 0.378 e. The Morgan fingerprint density at radius 2 is 2.19 bits per heavy atom. The van der Waals surface area contributed by atoms with Gasteiger partial charge in [0.05, 0.1) is 10.6 Å². The van der Waals surface area contributed by atoms with Gasteiger partial charge in [-0.15, -0.1) is 0 Å². The second kappa shape index (κ2) is 8.20. The minimum absolute atomic E-state index is 0.0749. The second-order valence-electron chi connectivity index (χ2n) is 5.49. The van der Waals surface area contributed by atoms with E-state index in [1.807, 2.05) is 6.92 Å². The van der Waals surface area contributed by atoms with Crippen molar-refractivity contribution in [3.63, 3.8) is 0 Å². The molecule has 0 bridgehead atoms. The molecule has 1 heterocycles. The number of halogens is 3. The smallest absolute Gasteiger partial charge is 0.145 e. The van der Waals surface area contributed by atoms with Crippen LogP contribution in [0.1, 0.15) is 50.6 Å². The summed E-state index contributed by atoms with van der Waals surface area (Å²) in [6.45, 7) is 3.51. The molecule has 1 fully saturated rings. The summed E-state index contributed by atoms with van der Waals surface area (Å²) in [5.41, 5.74) is 0.118. The zero-order chi connectivity index (χ0) is 15.2. The van der Waals surface area contributed by atoms with E-state index in [2.05, 4.69) is 21.2 Å². The van der Waals surface area contributed by atoms with Gasteiger partial charge in [0, 0.05) is 18.2 Å². The van der Waals surface area contributed by atoms with Crippen molar-refractivity contribution in [2.75, 3.05) is 13.2 Å². The predicted molar refractivity (Wildman–Crippen MR) is 83.3 cm³/mol. The molecule has 2 atom stereocenters. The molecule has 118 valence electrons. The van der Waals surface area contributed by atoms with Gasteiger partial charge in [-0.3, -0.25) is 0 Å². The Morgan fingerprint density at radius 3 is 2.86 bits per heavy atom. The highest BCUT2D eigenvalue weighted by atomic mass is 79.9. The van der Waals surface area contributed by atoms with Crippen LogP contribution in [-0.4, -0.2) is 19.3 Å². The highest BCUT2D eigenvalue weighted by Gasteiger charge is 2.26. The van der Waals surface area contributed by atoms with Crippen LogP contribution in [0.25, 0.3) is 0 Å². The Hall–Kier alpha value is -0.520. The normalized spacial score (nSPS) is 20.5. The lowest BCUT2D eigenvalue weighted by Crippen LogP contribution is -2.30. The van der Waals surface area contributed by atoms with Crippen molar-refractivity contribution < 1.29 is 13.5 Å². The van der Waals surface area contributed by atoms with Crippen molar-refractivity contribution in [3.05, 3.63) is 33.8 Å². The van der Waals surface area contributed by atoms with E-state index >= 15 is 0 Å². The number of hydrogen-bond donors (Lipinski definition) is 1.